The molecule has 1 saturated heterocycles. The van der Waals surface area contributed by atoms with Crippen LogP contribution in [0.25, 0.3) is 0 Å². The molecule has 2 fully saturated rings. The number of aromatic nitrogens is 4. The number of aryl methyl sites for hydroxylation is 2. The lowest BCUT2D eigenvalue weighted by molar-refractivity contribution is 0.211. The maximum atomic E-state index is 5.43. The highest BCUT2D eigenvalue weighted by Gasteiger charge is 2.32. The zero-order valence-electron chi connectivity index (χ0n) is 12.6. The normalized spacial score (nSPS) is 23.0. The fourth-order valence-corrected chi connectivity index (χ4v) is 3.41. The van der Waals surface area contributed by atoms with Gasteiger partial charge in [-0.2, -0.15) is 10.1 Å². The highest BCUT2D eigenvalue weighted by molar-refractivity contribution is 5.28. The van der Waals surface area contributed by atoms with Crippen molar-refractivity contribution in [1.29, 1.82) is 0 Å². The Kier molecular flexibility index (Phi) is 3.06. The Bertz CT molecular complexity index is 623. The minimum absolute atomic E-state index is 0.417. The molecule has 2 aromatic rings. The largest absolute Gasteiger partial charge is 0.338 e. The third-order valence-electron chi connectivity index (χ3n) is 4.65. The van der Waals surface area contributed by atoms with Crippen molar-refractivity contribution in [1.82, 2.24) is 25.2 Å². The Balaban J connectivity index is 1.53. The number of nitrogens with one attached hydrogen (secondary N) is 1. The molecule has 1 aliphatic heterocycles. The van der Waals surface area contributed by atoms with Gasteiger partial charge in [0, 0.05) is 23.2 Å². The Hall–Kier alpha value is -1.69. The molecule has 21 heavy (non-hydrogen) atoms. The van der Waals surface area contributed by atoms with Gasteiger partial charge in [-0.3, -0.25) is 10.00 Å². The number of rotatable bonds is 4. The molecule has 3 heterocycles. The van der Waals surface area contributed by atoms with E-state index in [1.54, 1.807) is 0 Å². The van der Waals surface area contributed by atoms with Crippen molar-refractivity contribution in [2.45, 2.75) is 58.0 Å². The van der Waals surface area contributed by atoms with E-state index in [0.717, 1.165) is 30.5 Å². The first-order valence-corrected chi connectivity index (χ1v) is 7.80. The van der Waals surface area contributed by atoms with E-state index in [1.807, 2.05) is 0 Å². The van der Waals surface area contributed by atoms with E-state index in [0.29, 0.717) is 12.0 Å². The highest BCUT2D eigenvalue weighted by atomic mass is 16.5. The van der Waals surface area contributed by atoms with Crippen LogP contribution >= 0.6 is 0 Å². The molecule has 6 heteroatoms. The molecule has 1 unspecified atom stereocenters. The van der Waals surface area contributed by atoms with Gasteiger partial charge in [0.25, 0.3) is 0 Å². The number of aromatic amines is 1. The fourth-order valence-electron chi connectivity index (χ4n) is 3.41. The molecule has 1 aliphatic carbocycles. The third-order valence-corrected chi connectivity index (χ3v) is 4.65. The van der Waals surface area contributed by atoms with E-state index >= 15 is 0 Å². The smallest absolute Gasteiger partial charge is 0.240 e. The van der Waals surface area contributed by atoms with Crippen LogP contribution in [0.5, 0.6) is 0 Å². The van der Waals surface area contributed by atoms with Crippen molar-refractivity contribution in [2.24, 2.45) is 0 Å². The average Bonchev–Trinajstić information content (AvgIpc) is 2.90. The SMILES string of the molecule is Cc1n[nH]c(C)c1C1CCCN1Cc1nc(C2CC2)no1. The molecule has 1 saturated carbocycles. The molecule has 1 atom stereocenters. The molecule has 6 nitrogen and oxygen atoms in total. The maximum Gasteiger partial charge on any atom is 0.240 e. The van der Waals surface area contributed by atoms with Gasteiger partial charge in [0.2, 0.25) is 5.89 Å². The second kappa shape index (κ2) is 4.94. The summed E-state index contributed by atoms with van der Waals surface area (Å²) >= 11 is 0. The molecule has 0 bridgehead atoms. The molecule has 0 radical (unpaired) electrons. The molecule has 2 aliphatic rings. The second-order valence-electron chi connectivity index (χ2n) is 6.30. The van der Waals surface area contributed by atoms with Gasteiger partial charge in [0.15, 0.2) is 5.82 Å². The molecule has 0 amide bonds. The van der Waals surface area contributed by atoms with E-state index < -0.39 is 0 Å². The van der Waals surface area contributed by atoms with Crippen LogP contribution in [0.4, 0.5) is 0 Å². The zero-order chi connectivity index (χ0) is 14.4. The highest BCUT2D eigenvalue weighted by Crippen LogP contribution is 2.39. The molecule has 2 aromatic heterocycles. The summed E-state index contributed by atoms with van der Waals surface area (Å²) in [5, 5.41) is 11.5. The van der Waals surface area contributed by atoms with Crippen molar-refractivity contribution in [3.05, 3.63) is 28.7 Å². The summed E-state index contributed by atoms with van der Waals surface area (Å²) in [4.78, 5) is 6.99. The molecule has 0 aromatic carbocycles. The predicted octanol–water partition coefficient (Wildman–Crippen LogP) is 2.62. The van der Waals surface area contributed by atoms with Crippen LogP contribution in [0.1, 0.15) is 66.3 Å². The first kappa shape index (κ1) is 13.0. The topological polar surface area (TPSA) is 70.8 Å². The van der Waals surface area contributed by atoms with Crippen molar-refractivity contribution in [3.8, 4) is 0 Å². The third kappa shape index (κ3) is 2.37. The fraction of sp³-hybridized carbons (Fsp3) is 0.667. The lowest BCUT2D eigenvalue weighted by Gasteiger charge is -2.23. The number of hydrogen-bond acceptors (Lipinski definition) is 5. The van der Waals surface area contributed by atoms with E-state index in [9.17, 15) is 0 Å². The van der Waals surface area contributed by atoms with Crippen LogP contribution in [0.3, 0.4) is 0 Å². The molecule has 0 spiro atoms. The summed E-state index contributed by atoms with van der Waals surface area (Å²) in [6.07, 6.45) is 4.79. The number of hydrogen-bond donors (Lipinski definition) is 1. The monoisotopic (exact) mass is 287 g/mol. The van der Waals surface area contributed by atoms with Crippen molar-refractivity contribution in [3.63, 3.8) is 0 Å². The summed E-state index contributed by atoms with van der Waals surface area (Å²) < 4.78 is 5.43. The van der Waals surface area contributed by atoms with E-state index in [1.165, 1.54) is 36.9 Å². The van der Waals surface area contributed by atoms with Gasteiger partial charge in [0.1, 0.15) is 0 Å². The quantitative estimate of drug-likeness (QED) is 0.936. The minimum atomic E-state index is 0.417. The van der Waals surface area contributed by atoms with Crippen molar-refractivity contribution in [2.75, 3.05) is 6.54 Å². The maximum absolute atomic E-state index is 5.43. The van der Waals surface area contributed by atoms with Gasteiger partial charge in [0.05, 0.1) is 12.2 Å². The minimum Gasteiger partial charge on any atom is -0.338 e. The van der Waals surface area contributed by atoms with E-state index in [2.05, 4.69) is 39.1 Å². The lowest BCUT2D eigenvalue weighted by Crippen LogP contribution is -2.23. The summed E-state index contributed by atoms with van der Waals surface area (Å²) in [7, 11) is 0. The summed E-state index contributed by atoms with van der Waals surface area (Å²) in [5.41, 5.74) is 3.62. The second-order valence-corrected chi connectivity index (χ2v) is 6.30. The first-order valence-electron chi connectivity index (χ1n) is 7.80. The Morgan fingerprint density at radius 3 is 2.86 bits per heavy atom. The average molecular weight is 287 g/mol. The van der Waals surface area contributed by atoms with E-state index in [4.69, 9.17) is 4.52 Å². The van der Waals surface area contributed by atoms with Gasteiger partial charge in [-0.1, -0.05) is 5.16 Å². The number of nitrogens with zero attached hydrogens (tertiary/aromatic N) is 4. The van der Waals surface area contributed by atoms with Gasteiger partial charge < -0.3 is 4.52 Å². The Morgan fingerprint density at radius 1 is 1.29 bits per heavy atom. The van der Waals surface area contributed by atoms with Crippen molar-refractivity contribution >= 4 is 0 Å². The van der Waals surface area contributed by atoms with Crippen LogP contribution < -0.4 is 0 Å². The van der Waals surface area contributed by atoms with Crippen LogP contribution in [-0.2, 0) is 6.54 Å². The number of likely N-dealkylation sites (tertiary alicyclic amines) is 1. The van der Waals surface area contributed by atoms with Gasteiger partial charge in [-0.05, 0) is 46.1 Å². The van der Waals surface area contributed by atoms with Gasteiger partial charge >= 0.3 is 0 Å². The standard InChI is InChI=1S/C15H21N5O/c1-9-14(10(2)18-17-9)12-4-3-7-20(12)8-13-16-15(19-21-13)11-5-6-11/h11-12H,3-8H2,1-2H3,(H,17,18). The first-order chi connectivity index (χ1) is 10.2. The van der Waals surface area contributed by atoms with Crippen molar-refractivity contribution < 1.29 is 4.52 Å². The van der Waals surface area contributed by atoms with Crippen LogP contribution in [0.2, 0.25) is 0 Å². The molecule has 4 rings (SSSR count). The lowest BCUT2D eigenvalue weighted by atomic mass is 10.0. The van der Waals surface area contributed by atoms with E-state index in [-0.39, 0.29) is 0 Å². The summed E-state index contributed by atoms with van der Waals surface area (Å²) in [6, 6.07) is 0.417. The molecule has 112 valence electrons. The van der Waals surface area contributed by atoms with Gasteiger partial charge in [-0.25, -0.2) is 0 Å². The zero-order valence-corrected chi connectivity index (χ0v) is 12.6. The van der Waals surface area contributed by atoms with Crippen LogP contribution in [0.15, 0.2) is 4.52 Å². The number of H-pyrrole nitrogens is 1. The Labute approximate surface area is 123 Å². The summed E-state index contributed by atoms with van der Waals surface area (Å²) in [5.74, 6) is 2.20. The summed E-state index contributed by atoms with van der Waals surface area (Å²) in [6.45, 7) is 6.00. The molecular weight excluding hydrogens is 266 g/mol. The molecule has 1 N–H and O–H groups in total. The van der Waals surface area contributed by atoms with Gasteiger partial charge in [-0.15, -0.1) is 0 Å². The Morgan fingerprint density at radius 2 is 2.14 bits per heavy atom. The predicted molar refractivity (Wildman–Crippen MR) is 76.7 cm³/mol. The van der Waals surface area contributed by atoms with Crippen LogP contribution in [-0.4, -0.2) is 31.8 Å². The van der Waals surface area contributed by atoms with Crippen LogP contribution in [0, 0.1) is 13.8 Å². The molecular formula is C15H21N5O.